The van der Waals surface area contributed by atoms with Crippen molar-refractivity contribution in [1.82, 2.24) is 10.6 Å². The summed E-state index contributed by atoms with van der Waals surface area (Å²) in [4.78, 5) is 11.8. The van der Waals surface area contributed by atoms with Gasteiger partial charge in [0, 0.05) is 6.54 Å². The Hall–Kier alpha value is -2.02. The van der Waals surface area contributed by atoms with E-state index in [4.69, 9.17) is 5.26 Å². The second-order valence-corrected chi connectivity index (χ2v) is 4.69. The highest BCUT2D eigenvalue weighted by molar-refractivity contribution is 5.75. The summed E-state index contributed by atoms with van der Waals surface area (Å²) >= 11 is 0. The summed E-state index contributed by atoms with van der Waals surface area (Å²) in [6, 6.07) is 11.7. The Balaban J connectivity index is 1.84. The van der Waals surface area contributed by atoms with Crippen LogP contribution in [0.25, 0.3) is 0 Å². The molecular formula is C14H17N3O. The summed E-state index contributed by atoms with van der Waals surface area (Å²) in [6.45, 7) is 0.480. The number of urea groups is 1. The van der Waals surface area contributed by atoms with Gasteiger partial charge in [-0.15, -0.1) is 0 Å². The zero-order valence-corrected chi connectivity index (χ0v) is 10.3. The molecule has 0 aliphatic heterocycles. The van der Waals surface area contributed by atoms with E-state index in [0.29, 0.717) is 6.54 Å². The molecule has 1 aliphatic carbocycles. The van der Waals surface area contributed by atoms with Gasteiger partial charge in [0.1, 0.15) is 5.54 Å². The smallest absolute Gasteiger partial charge is 0.316 e. The Morgan fingerprint density at radius 1 is 1.28 bits per heavy atom. The zero-order valence-electron chi connectivity index (χ0n) is 10.3. The van der Waals surface area contributed by atoms with E-state index >= 15 is 0 Å². The molecule has 4 heteroatoms. The fraction of sp³-hybridized carbons (Fsp3) is 0.429. The summed E-state index contributed by atoms with van der Waals surface area (Å²) < 4.78 is 0. The van der Waals surface area contributed by atoms with Crippen molar-refractivity contribution in [2.24, 2.45) is 0 Å². The van der Waals surface area contributed by atoms with Crippen molar-refractivity contribution < 1.29 is 4.79 Å². The van der Waals surface area contributed by atoms with Crippen molar-refractivity contribution >= 4 is 6.03 Å². The summed E-state index contributed by atoms with van der Waals surface area (Å²) in [5.74, 6) is 0. The Kier molecular flexibility index (Phi) is 3.83. The van der Waals surface area contributed by atoms with Crippen LogP contribution in [0.4, 0.5) is 4.79 Å². The van der Waals surface area contributed by atoms with E-state index in [0.717, 1.165) is 31.2 Å². The van der Waals surface area contributed by atoms with Crippen molar-refractivity contribution in [3.63, 3.8) is 0 Å². The topological polar surface area (TPSA) is 64.9 Å². The number of benzene rings is 1. The molecular weight excluding hydrogens is 226 g/mol. The lowest BCUT2D eigenvalue weighted by molar-refractivity contribution is 0.232. The van der Waals surface area contributed by atoms with Crippen LogP contribution in [0.3, 0.4) is 0 Å². The highest BCUT2D eigenvalue weighted by atomic mass is 16.2. The predicted octanol–water partition coefficient (Wildman–Crippen LogP) is 2.32. The van der Waals surface area contributed by atoms with Gasteiger partial charge >= 0.3 is 6.03 Å². The van der Waals surface area contributed by atoms with E-state index in [9.17, 15) is 4.79 Å². The Bertz CT molecular complexity index is 444. The second kappa shape index (κ2) is 5.54. The van der Waals surface area contributed by atoms with Crippen LogP contribution in [0.1, 0.15) is 31.2 Å². The molecule has 1 saturated carbocycles. The lowest BCUT2D eigenvalue weighted by Crippen LogP contribution is -2.49. The molecule has 1 aliphatic rings. The Morgan fingerprint density at radius 3 is 2.56 bits per heavy atom. The van der Waals surface area contributed by atoms with Gasteiger partial charge in [0.05, 0.1) is 6.07 Å². The number of rotatable bonds is 3. The molecule has 18 heavy (non-hydrogen) atoms. The number of carbonyl (C=O) groups excluding carboxylic acids is 1. The van der Waals surface area contributed by atoms with Crippen LogP contribution in [-0.4, -0.2) is 11.6 Å². The Labute approximate surface area is 107 Å². The first-order chi connectivity index (χ1) is 8.74. The van der Waals surface area contributed by atoms with Gasteiger partial charge in [-0.05, 0) is 31.2 Å². The molecule has 2 N–H and O–H groups in total. The lowest BCUT2D eigenvalue weighted by Gasteiger charge is -2.22. The van der Waals surface area contributed by atoms with Crippen molar-refractivity contribution in [2.45, 2.75) is 37.8 Å². The number of carbonyl (C=O) groups is 1. The SMILES string of the molecule is N#CC1(NC(=O)NCc2ccccc2)CCCC1. The molecule has 0 spiro atoms. The number of nitriles is 1. The molecule has 94 valence electrons. The monoisotopic (exact) mass is 243 g/mol. The van der Waals surface area contributed by atoms with Crippen molar-refractivity contribution in [3.8, 4) is 6.07 Å². The third-order valence-electron chi connectivity index (χ3n) is 3.32. The summed E-state index contributed by atoms with van der Waals surface area (Å²) in [6.07, 6.45) is 3.52. The van der Waals surface area contributed by atoms with E-state index < -0.39 is 5.54 Å². The maximum atomic E-state index is 11.8. The molecule has 1 fully saturated rings. The number of nitrogens with one attached hydrogen (secondary N) is 2. The molecule has 0 radical (unpaired) electrons. The standard InChI is InChI=1S/C14H17N3O/c15-11-14(8-4-5-9-14)17-13(18)16-10-12-6-2-1-3-7-12/h1-3,6-7H,4-5,8-10H2,(H2,16,17,18). The van der Waals surface area contributed by atoms with Gasteiger partial charge in [0.2, 0.25) is 0 Å². The van der Waals surface area contributed by atoms with Gasteiger partial charge in [-0.25, -0.2) is 4.79 Å². The average molecular weight is 243 g/mol. The molecule has 4 nitrogen and oxygen atoms in total. The first kappa shape index (κ1) is 12.4. The summed E-state index contributed by atoms with van der Waals surface area (Å²) in [5.41, 5.74) is 0.394. The second-order valence-electron chi connectivity index (χ2n) is 4.69. The maximum Gasteiger partial charge on any atom is 0.316 e. The molecule has 0 bridgehead atoms. The number of nitrogens with zero attached hydrogens (tertiary/aromatic N) is 1. The molecule has 0 heterocycles. The van der Waals surface area contributed by atoms with Gasteiger partial charge in [-0.3, -0.25) is 0 Å². The molecule has 0 unspecified atom stereocenters. The number of amides is 2. The van der Waals surface area contributed by atoms with E-state index in [-0.39, 0.29) is 6.03 Å². The first-order valence-corrected chi connectivity index (χ1v) is 6.25. The molecule has 1 aromatic rings. The summed E-state index contributed by atoms with van der Waals surface area (Å²) in [7, 11) is 0. The zero-order chi connectivity index (χ0) is 12.8. The largest absolute Gasteiger partial charge is 0.334 e. The molecule has 0 aromatic heterocycles. The fourth-order valence-corrected chi connectivity index (χ4v) is 2.28. The van der Waals surface area contributed by atoms with Crippen LogP contribution in [-0.2, 0) is 6.54 Å². The molecule has 2 rings (SSSR count). The fourth-order valence-electron chi connectivity index (χ4n) is 2.28. The van der Waals surface area contributed by atoms with Crippen LogP contribution in [0.5, 0.6) is 0 Å². The third-order valence-corrected chi connectivity index (χ3v) is 3.32. The van der Waals surface area contributed by atoms with Gasteiger partial charge in [-0.2, -0.15) is 5.26 Å². The minimum Gasteiger partial charge on any atom is -0.334 e. The minimum absolute atomic E-state index is 0.262. The van der Waals surface area contributed by atoms with Crippen LogP contribution >= 0.6 is 0 Å². The van der Waals surface area contributed by atoms with Crippen molar-refractivity contribution in [3.05, 3.63) is 35.9 Å². The highest BCUT2D eigenvalue weighted by Gasteiger charge is 2.35. The first-order valence-electron chi connectivity index (χ1n) is 6.25. The molecule has 2 amide bonds. The van der Waals surface area contributed by atoms with Crippen LogP contribution in [0.2, 0.25) is 0 Å². The van der Waals surface area contributed by atoms with Crippen LogP contribution in [0.15, 0.2) is 30.3 Å². The van der Waals surface area contributed by atoms with Crippen molar-refractivity contribution in [1.29, 1.82) is 5.26 Å². The Morgan fingerprint density at radius 2 is 1.94 bits per heavy atom. The highest BCUT2D eigenvalue weighted by Crippen LogP contribution is 2.28. The lowest BCUT2D eigenvalue weighted by atomic mass is 10.0. The molecule has 0 saturated heterocycles. The van der Waals surface area contributed by atoms with Gasteiger partial charge in [0.15, 0.2) is 0 Å². The van der Waals surface area contributed by atoms with E-state index in [1.165, 1.54) is 0 Å². The van der Waals surface area contributed by atoms with E-state index in [2.05, 4.69) is 16.7 Å². The van der Waals surface area contributed by atoms with Crippen LogP contribution < -0.4 is 10.6 Å². The number of hydrogen-bond donors (Lipinski definition) is 2. The van der Waals surface area contributed by atoms with E-state index in [1.54, 1.807) is 0 Å². The molecule has 0 atom stereocenters. The number of hydrogen-bond acceptors (Lipinski definition) is 2. The van der Waals surface area contributed by atoms with Gasteiger partial charge in [-0.1, -0.05) is 30.3 Å². The van der Waals surface area contributed by atoms with Gasteiger partial charge < -0.3 is 10.6 Å². The van der Waals surface area contributed by atoms with Crippen molar-refractivity contribution in [2.75, 3.05) is 0 Å². The average Bonchev–Trinajstić information content (AvgIpc) is 2.87. The van der Waals surface area contributed by atoms with E-state index in [1.807, 2.05) is 30.3 Å². The third kappa shape index (κ3) is 3.01. The molecule has 1 aromatic carbocycles. The summed E-state index contributed by atoms with van der Waals surface area (Å²) in [5, 5.41) is 14.7. The maximum absolute atomic E-state index is 11.8. The normalized spacial score (nSPS) is 16.8. The van der Waals surface area contributed by atoms with Crippen LogP contribution in [0, 0.1) is 11.3 Å². The predicted molar refractivity (Wildman–Crippen MR) is 68.6 cm³/mol. The minimum atomic E-state index is -0.652. The quantitative estimate of drug-likeness (QED) is 0.855. The van der Waals surface area contributed by atoms with Gasteiger partial charge in [0.25, 0.3) is 0 Å².